The van der Waals surface area contributed by atoms with Gasteiger partial charge < -0.3 is 9.64 Å². The van der Waals surface area contributed by atoms with Crippen LogP contribution >= 0.6 is 23.1 Å². The molecule has 20 heavy (non-hydrogen) atoms. The number of hydrogen-bond donors (Lipinski definition) is 2. The summed E-state index contributed by atoms with van der Waals surface area (Å²) in [4.78, 5) is 15.2. The highest BCUT2D eigenvalue weighted by molar-refractivity contribution is 8.01. The number of morpholine rings is 1. The summed E-state index contributed by atoms with van der Waals surface area (Å²) in [6, 6.07) is 4.03. The maximum absolute atomic E-state index is 5.44. The minimum atomic E-state index is 0.376. The maximum atomic E-state index is 5.44. The molecule has 0 unspecified atom stereocenters. The molecule has 0 spiro atoms. The zero-order valence-electron chi connectivity index (χ0n) is 10.7. The lowest BCUT2D eigenvalue weighted by Gasteiger charge is -2.26. The summed E-state index contributed by atoms with van der Waals surface area (Å²) >= 11 is 3.15. The van der Waals surface area contributed by atoms with Crippen molar-refractivity contribution in [3.63, 3.8) is 0 Å². The van der Waals surface area contributed by atoms with Crippen molar-refractivity contribution >= 4 is 35.0 Å². The molecule has 3 heterocycles. The Balaban J connectivity index is 1.85. The summed E-state index contributed by atoms with van der Waals surface area (Å²) < 4.78 is 6.47. The molecule has 3 N–H and O–H groups in total. The quantitative estimate of drug-likeness (QED) is 0.643. The van der Waals surface area contributed by atoms with Gasteiger partial charge in [0.05, 0.1) is 17.4 Å². The molecule has 1 aliphatic heterocycles. The van der Waals surface area contributed by atoms with Crippen molar-refractivity contribution in [2.75, 3.05) is 36.6 Å². The molecular weight excluding hydrogens is 296 g/mol. The molecule has 0 atom stereocenters. The summed E-state index contributed by atoms with van der Waals surface area (Å²) in [5.41, 5.74) is 2.50. The van der Waals surface area contributed by atoms with Gasteiger partial charge in [0.1, 0.15) is 0 Å². The van der Waals surface area contributed by atoms with Crippen LogP contribution in [-0.2, 0) is 4.74 Å². The van der Waals surface area contributed by atoms with Gasteiger partial charge in [0.15, 0.2) is 5.16 Å². The number of hydrazine groups is 1. The Labute approximate surface area is 124 Å². The largest absolute Gasteiger partial charge is 0.378 e. The van der Waals surface area contributed by atoms with E-state index >= 15 is 0 Å². The number of ether oxygens (including phenoxy) is 1. The van der Waals surface area contributed by atoms with Gasteiger partial charge in [0, 0.05) is 13.1 Å². The van der Waals surface area contributed by atoms with E-state index in [0.29, 0.717) is 30.3 Å². The third-order valence-electron chi connectivity index (χ3n) is 2.71. The topological polar surface area (TPSA) is 89.2 Å². The molecule has 0 aliphatic carbocycles. The van der Waals surface area contributed by atoms with E-state index in [0.717, 1.165) is 17.3 Å². The summed E-state index contributed by atoms with van der Waals surface area (Å²) in [5, 5.41) is 2.66. The minimum absolute atomic E-state index is 0.376. The van der Waals surface area contributed by atoms with Crippen LogP contribution in [0.1, 0.15) is 0 Å². The fourth-order valence-electron chi connectivity index (χ4n) is 1.77. The van der Waals surface area contributed by atoms with Crippen molar-refractivity contribution in [2.45, 2.75) is 9.37 Å². The second-order valence-corrected chi connectivity index (χ2v) is 6.23. The summed E-state index contributed by atoms with van der Waals surface area (Å²) in [7, 11) is 0. The van der Waals surface area contributed by atoms with Crippen molar-refractivity contribution < 1.29 is 4.74 Å². The normalized spacial score (nSPS) is 15.3. The Bertz CT molecular complexity index is 558. The monoisotopic (exact) mass is 310 g/mol. The van der Waals surface area contributed by atoms with Crippen LogP contribution in [0.4, 0.5) is 11.9 Å². The third kappa shape index (κ3) is 3.18. The van der Waals surface area contributed by atoms with Crippen molar-refractivity contribution in [1.29, 1.82) is 0 Å². The molecule has 2 aromatic rings. The second kappa shape index (κ2) is 6.35. The molecule has 1 fully saturated rings. The highest BCUT2D eigenvalue weighted by Crippen LogP contribution is 2.30. The Hall–Kier alpha value is -1.42. The number of nitrogens with two attached hydrogens (primary N) is 1. The minimum Gasteiger partial charge on any atom is -0.378 e. The predicted octanol–water partition coefficient (Wildman–Crippen LogP) is 1.21. The first kappa shape index (κ1) is 13.6. The van der Waals surface area contributed by atoms with E-state index in [1.165, 1.54) is 11.8 Å². The van der Waals surface area contributed by atoms with E-state index in [-0.39, 0.29) is 0 Å². The molecule has 1 aliphatic rings. The highest BCUT2D eigenvalue weighted by atomic mass is 32.2. The average Bonchev–Trinajstić information content (AvgIpc) is 3.00. The van der Waals surface area contributed by atoms with Crippen molar-refractivity contribution in [3.05, 3.63) is 17.5 Å². The van der Waals surface area contributed by atoms with Gasteiger partial charge in [0.2, 0.25) is 11.9 Å². The molecule has 0 radical (unpaired) electrons. The fourth-order valence-corrected chi connectivity index (χ4v) is 3.39. The first-order valence-electron chi connectivity index (χ1n) is 6.12. The van der Waals surface area contributed by atoms with Crippen LogP contribution < -0.4 is 16.2 Å². The smallest absolute Gasteiger partial charge is 0.242 e. The number of nitrogen functional groups attached to an aromatic ring is 1. The van der Waals surface area contributed by atoms with E-state index in [2.05, 4.69) is 25.3 Å². The number of hydrogen-bond acceptors (Lipinski definition) is 9. The van der Waals surface area contributed by atoms with Crippen molar-refractivity contribution in [2.24, 2.45) is 5.84 Å². The number of nitrogens with one attached hydrogen (secondary N) is 1. The number of rotatable bonds is 4. The van der Waals surface area contributed by atoms with Crippen LogP contribution in [0.25, 0.3) is 0 Å². The number of thiophene rings is 1. The zero-order valence-corrected chi connectivity index (χ0v) is 12.3. The summed E-state index contributed by atoms with van der Waals surface area (Å²) in [5.74, 6) is 6.45. The van der Waals surface area contributed by atoms with E-state index in [9.17, 15) is 0 Å². The highest BCUT2D eigenvalue weighted by Gasteiger charge is 2.16. The van der Waals surface area contributed by atoms with Crippen molar-refractivity contribution in [3.8, 4) is 0 Å². The first-order chi connectivity index (χ1) is 9.85. The molecule has 1 saturated heterocycles. The third-order valence-corrected chi connectivity index (χ3v) is 4.62. The van der Waals surface area contributed by atoms with Crippen molar-refractivity contribution in [1.82, 2.24) is 15.0 Å². The molecule has 3 rings (SSSR count). The second-order valence-electron chi connectivity index (χ2n) is 4.02. The zero-order chi connectivity index (χ0) is 13.8. The predicted molar refractivity (Wildman–Crippen MR) is 79.1 cm³/mol. The molecule has 0 aromatic carbocycles. The van der Waals surface area contributed by atoms with Crippen LogP contribution in [0, 0.1) is 0 Å². The van der Waals surface area contributed by atoms with E-state index < -0.39 is 0 Å². The van der Waals surface area contributed by atoms with E-state index in [4.69, 9.17) is 10.6 Å². The molecule has 7 nitrogen and oxygen atoms in total. The molecule has 106 valence electrons. The Morgan fingerprint density at radius 1 is 1.30 bits per heavy atom. The van der Waals surface area contributed by atoms with Gasteiger partial charge in [-0.25, -0.2) is 5.84 Å². The van der Waals surface area contributed by atoms with Crippen LogP contribution in [-0.4, -0.2) is 41.3 Å². The van der Waals surface area contributed by atoms with Crippen LogP contribution in [0.2, 0.25) is 0 Å². The summed E-state index contributed by atoms with van der Waals surface area (Å²) in [6.07, 6.45) is 0. The average molecular weight is 310 g/mol. The van der Waals surface area contributed by atoms with E-state index in [1.807, 2.05) is 17.5 Å². The van der Waals surface area contributed by atoms with Gasteiger partial charge >= 0.3 is 0 Å². The molecule has 0 amide bonds. The summed E-state index contributed by atoms with van der Waals surface area (Å²) in [6.45, 7) is 2.92. The molecular formula is C11H14N6OS2. The number of anilines is 2. The van der Waals surface area contributed by atoms with Crippen LogP contribution in [0.3, 0.4) is 0 Å². The van der Waals surface area contributed by atoms with Gasteiger partial charge in [-0.15, -0.1) is 11.3 Å². The van der Waals surface area contributed by atoms with Gasteiger partial charge in [0.25, 0.3) is 0 Å². The number of aromatic nitrogens is 3. The van der Waals surface area contributed by atoms with E-state index in [1.54, 1.807) is 11.3 Å². The fraction of sp³-hybridized carbons (Fsp3) is 0.364. The van der Waals surface area contributed by atoms with Crippen LogP contribution in [0.15, 0.2) is 26.9 Å². The van der Waals surface area contributed by atoms with Crippen LogP contribution in [0.5, 0.6) is 0 Å². The lowest BCUT2D eigenvalue weighted by molar-refractivity contribution is 0.122. The van der Waals surface area contributed by atoms with Gasteiger partial charge in [-0.05, 0) is 23.2 Å². The number of nitrogens with zero attached hydrogens (tertiary/aromatic N) is 4. The lowest BCUT2D eigenvalue weighted by atomic mass is 10.4. The lowest BCUT2D eigenvalue weighted by Crippen LogP contribution is -2.37. The molecule has 0 bridgehead atoms. The Morgan fingerprint density at radius 3 is 2.85 bits per heavy atom. The Kier molecular flexibility index (Phi) is 4.31. The van der Waals surface area contributed by atoms with Gasteiger partial charge in [-0.2, -0.15) is 15.0 Å². The Morgan fingerprint density at radius 2 is 2.15 bits per heavy atom. The molecule has 0 saturated carbocycles. The van der Waals surface area contributed by atoms with Gasteiger partial charge in [-0.1, -0.05) is 6.07 Å². The first-order valence-corrected chi connectivity index (χ1v) is 7.81. The molecule has 2 aromatic heterocycles. The molecule has 9 heteroatoms. The standard InChI is InChI=1S/C11H14N6OS2/c12-16-9-13-10(17-3-5-18-6-4-17)15-11(14-9)20-8-2-1-7-19-8/h1-2,7H,3-6,12H2,(H,13,14,15,16). The van der Waals surface area contributed by atoms with Gasteiger partial charge in [-0.3, -0.25) is 5.43 Å². The maximum Gasteiger partial charge on any atom is 0.242 e. The SMILES string of the molecule is NNc1nc(Sc2cccs2)nc(N2CCOCC2)n1.